The number of anilines is 1. The van der Waals surface area contributed by atoms with Crippen LogP contribution < -0.4 is 4.90 Å². The van der Waals surface area contributed by atoms with E-state index in [0.29, 0.717) is 28.4 Å². The van der Waals surface area contributed by atoms with E-state index >= 15 is 0 Å². The van der Waals surface area contributed by atoms with Crippen molar-refractivity contribution in [3.8, 4) is 23.1 Å². The second-order valence-corrected chi connectivity index (χ2v) is 6.78. The van der Waals surface area contributed by atoms with Crippen molar-refractivity contribution in [3.63, 3.8) is 0 Å². The van der Waals surface area contributed by atoms with Crippen molar-refractivity contribution in [2.24, 2.45) is 0 Å². The molecule has 0 N–H and O–H groups in total. The number of fused-ring (bicyclic) bond motifs is 6. The van der Waals surface area contributed by atoms with E-state index in [1.807, 2.05) is 29.2 Å². The highest BCUT2D eigenvalue weighted by Crippen LogP contribution is 2.48. The van der Waals surface area contributed by atoms with Gasteiger partial charge in [-0.1, -0.05) is 21.8 Å². The van der Waals surface area contributed by atoms with Gasteiger partial charge in [-0.25, -0.2) is 0 Å². The van der Waals surface area contributed by atoms with Crippen LogP contribution in [-0.4, -0.2) is 43.8 Å². The number of rotatable bonds is 3. The van der Waals surface area contributed by atoms with Crippen LogP contribution in [0.25, 0.3) is 28.9 Å². The normalized spacial score (nSPS) is 18.8. The van der Waals surface area contributed by atoms with Gasteiger partial charge in [0.25, 0.3) is 5.89 Å². The number of para-hydroxylation sites is 1. The fourth-order valence-corrected chi connectivity index (χ4v) is 3.67. The molecule has 0 saturated heterocycles. The van der Waals surface area contributed by atoms with Gasteiger partial charge in [0.05, 0.1) is 11.9 Å². The topological polar surface area (TPSA) is 85.3 Å². The van der Waals surface area contributed by atoms with E-state index in [1.165, 1.54) is 6.20 Å². The lowest BCUT2D eigenvalue weighted by Crippen LogP contribution is -2.28. The lowest BCUT2D eigenvalue weighted by Gasteiger charge is -2.29. The van der Waals surface area contributed by atoms with Crippen LogP contribution in [0.4, 0.5) is 10.2 Å². The van der Waals surface area contributed by atoms with Gasteiger partial charge in [0.15, 0.2) is 5.82 Å². The quantitative estimate of drug-likeness (QED) is 0.652. The Morgan fingerprint density at radius 1 is 1.19 bits per heavy atom. The summed E-state index contributed by atoms with van der Waals surface area (Å²) in [5.74, 6) is 2.30. The van der Waals surface area contributed by atoms with E-state index in [0.717, 1.165) is 24.1 Å². The van der Waals surface area contributed by atoms with Gasteiger partial charge >= 0.3 is 0 Å². The van der Waals surface area contributed by atoms with Crippen molar-refractivity contribution < 1.29 is 13.7 Å². The lowest BCUT2D eigenvalue weighted by atomic mass is 10.1. The summed E-state index contributed by atoms with van der Waals surface area (Å²) in [4.78, 5) is 6.33. The molecule has 0 unspecified atom stereocenters. The Balaban J connectivity index is 1.54. The van der Waals surface area contributed by atoms with Crippen LogP contribution in [0.3, 0.4) is 0 Å². The largest absolute Gasteiger partial charge is 0.370 e. The highest BCUT2D eigenvalue weighted by atomic mass is 19.2. The third-order valence-electron chi connectivity index (χ3n) is 5.26. The van der Waals surface area contributed by atoms with Gasteiger partial charge < -0.3 is 14.2 Å². The molecular weight excluding hydrogens is 353 g/mol. The van der Waals surface area contributed by atoms with Crippen LogP contribution in [0, 0.1) is 0 Å². The molecule has 136 valence electrons. The van der Waals surface area contributed by atoms with Crippen molar-refractivity contribution in [2.45, 2.75) is 18.4 Å². The Labute approximate surface area is 152 Å². The van der Waals surface area contributed by atoms with Crippen LogP contribution in [0.5, 0.6) is 0 Å². The van der Waals surface area contributed by atoms with E-state index < -0.39 is 5.60 Å². The Hall–Kier alpha value is -3.27. The zero-order valence-corrected chi connectivity index (χ0v) is 14.3. The minimum Gasteiger partial charge on any atom is -0.370 e. The number of methoxy groups -OCH3 is 1. The standard InChI is InChI=1S/C17H14FN7O2/c1-26-17(6-7-17)16-19-15(27-22-16)14-21-20-13-10-4-2-3-5-11(10)24-9-23(18)8-12(24)25(13)14/h2-5,8H,6-7,9H2,1H3. The number of aromatic nitrogens is 5. The first-order valence-electron chi connectivity index (χ1n) is 8.57. The van der Waals surface area contributed by atoms with Gasteiger partial charge in [0, 0.05) is 12.7 Å². The first-order chi connectivity index (χ1) is 13.2. The van der Waals surface area contributed by atoms with Crippen molar-refractivity contribution >= 4 is 11.5 Å². The van der Waals surface area contributed by atoms with Crippen LogP contribution in [-0.2, 0) is 10.3 Å². The Bertz CT molecular complexity index is 1100. The Morgan fingerprint density at radius 3 is 2.81 bits per heavy atom. The Kier molecular flexibility index (Phi) is 2.70. The third-order valence-corrected chi connectivity index (χ3v) is 5.26. The molecule has 6 rings (SSSR count). The van der Waals surface area contributed by atoms with E-state index in [9.17, 15) is 4.48 Å². The van der Waals surface area contributed by atoms with Crippen LogP contribution >= 0.6 is 0 Å². The molecule has 1 fully saturated rings. The average molecular weight is 367 g/mol. The maximum absolute atomic E-state index is 14.1. The molecule has 27 heavy (non-hydrogen) atoms. The van der Waals surface area contributed by atoms with E-state index in [2.05, 4.69) is 20.3 Å². The molecule has 1 saturated carbocycles. The van der Waals surface area contributed by atoms with Gasteiger partial charge in [0.1, 0.15) is 18.1 Å². The first-order valence-corrected chi connectivity index (χ1v) is 8.57. The molecule has 1 aromatic carbocycles. The molecule has 0 atom stereocenters. The molecule has 0 spiro atoms. The summed E-state index contributed by atoms with van der Waals surface area (Å²) < 4.78 is 26.8. The molecule has 1 aliphatic carbocycles. The van der Waals surface area contributed by atoms with Crippen LogP contribution in [0.15, 0.2) is 35.0 Å². The molecule has 0 radical (unpaired) electrons. The lowest BCUT2D eigenvalue weighted by molar-refractivity contribution is 0.0689. The summed E-state index contributed by atoms with van der Waals surface area (Å²) in [6.45, 7) is 0.0886. The van der Waals surface area contributed by atoms with Crippen molar-refractivity contribution in [1.29, 1.82) is 0 Å². The summed E-state index contributed by atoms with van der Waals surface area (Å²) in [7, 11) is 1.63. The average Bonchev–Trinajstić information content (AvgIpc) is 3.03. The molecule has 0 bridgehead atoms. The number of hydrogen-bond donors (Lipinski definition) is 0. The molecule has 4 heterocycles. The summed E-state index contributed by atoms with van der Waals surface area (Å²) in [5.41, 5.74) is 1.27. The summed E-state index contributed by atoms with van der Waals surface area (Å²) in [5, 5.41) is 13.3. The van der Waals surface area contributed by atoms with Gasteiger partial charge in [0.2, 0.25) is 11.6 Å². The highest BCUT2D eigenvalue weighted by molar-refractivity contribution is 5.89. The number of hydrogen-bond acceptors (Lipinski definition) is 8. The predicted octanol–water partition coefficient (Wildman–Crippen LogP) is 2.36. The third kappa shape index (κ3) is 1.90. The maximum atomic E-state index is 14.1. The molecule has 2 aliphatic heterocycles. The van der Waals surface area contributed by atoms with E-state index in [-0.39, 0.29) is 12.6 Å². The number of ether oxygens (including phenoxy) is 1. The monoisotopic (exact) mass is 367 g/mol. The molecular formula is C17H14FN7O2. The van der Waals surface area contributed by atoms with E-state index in [1.54, 1.807) is 11.7 Å². The summed E-state index contributed by atoms with van der Waals surface area (Å²) >= 11 is 0. The molecule has 9 nitrogen and oxygen atoms in total. The minimum absolute atomic E-state index is 0.0886. The number of benzene rings is 1. The minimum atomic E-state index is -0.465. The van der Waals surface area contributed by atoms with Crippen molar-refractivity contribution in [3.05, 3.63) is 36.3 Å². The zero-order chi connectivity index (χ0) is 18.2. The molecule has 2 aromatic heterocycles. The van der Waals surface area contributed by atoms with Gasteiger partial charge in [-0.2, -0.15) is 10.1 Å². The predicted molar refractivity (Wildman–Crippen MR) is 91.2 cm³/mol. The van der Waals surface area contributed by atoms with Crippen molar-refractivity contribution in [1.82, 2.24) is 30.0 Å². The molecule has 0 amide bonds. The maximum Gasteiger partial charge on any atom is 0.296 e. The van der Waals surface area contributed by atoms with Crippen LogP contribution in [0.2, 0.25) is 0 Å². The van der Waals surface area contributed by atoms with Crippen LogP contribution in [0.1, 0.15) is 18.7 Å². The second-order valence-electron chi connectivity index (χ2n) is 6.78. The van der Waals surface area contributed by atoms with E-state index in [4.69, 9.17) is 9.26 Å². The van der Waals surface area contributed by atoms with Gasteiger partial charge in [-0.15, -0.1) is 10.2 Å². The molecule has 3 aromatic rings. The van der Waals surface area contributed by atoms with Gasteiger partial charge in [-0.05, 0) is 25.0 Å². The zero-order valence-electron chi connectivity index (χ0n) is 14.3. The molecule has 10 heteroatoms. The Morgan fingerprint density at radius 2 is 2.00 bits per heavy atom. The first kappa shape index (κ1) is 14.9. The molecule has 3 aliphatic rings. The second kappa shape index (κ2) is 4.92. The smallest absolute Gasteiger partial charge is 0.296 e. The summed E-state index contributed by atoms with van der Waals surface area (Å²) in [6.07, 6.45) is 3.11. The summed E-state index contributed by atoms with van der Waals surface area (Å²) in [6, 6.07) is 7.69. The SMILES string of the molecule is COC1(c2noc(-c3nnc4n3C3=CN(F)CN3c3ccccc3-4)n2)CC1. The number of nitrogens with zero attached hydrogens (tertiary/aromatic N) is 7. The highest BCUT2D eigenvalue weighted by Gasteiger charge is 2.49. The van der Waals surface area contributed by atoms with Crippen molar-refractivity contribution in [2.75, 3.05) is 18.7 Å². The fraction of sp³-hybridized carbons (Fsp3) is 0.294. The fourth-order valence-electron chi connectivity index (χ4n) is 3.67. The van der Waals surface area contributed by atoms with Gasteiger partial charge in [-0.3, -0.25) is 4.57 Å². The number of halogens is 1.